The third kappa shape index (κ3) is 6.22. The van der Waals surface area contributed by atoms with Crippen molar-refractivity contribution in [2.24, 2.45) is 10.7 Å². The molecular weight excluding hydrogens is 334 g/mol. The molecule has 1 saturated carbocycles. The summed E-state index contributed by atoms with van der Waals surface area (Å²) in [6.07, 6.45) is 4.61. The maximum Gasteiger partial charge on any atom is 0.198 e. The van der Waals surface area contributed by atoms with Gasteiger partial charge in [-0.3, -0.25) is 0 Å². The first-order valence-electron chi connectivity index (χ1n) is 10.4. The molecule has 2 rings (SSSR count). The number of hydrogen-bond acceptors (Lipinski definition) is 3. The lowest BCUT2D eigenvalue weighted by molar-refractivity contribution is 0.331. The van der Waals surface area contributed by atoms with Gasteiger partial charge in [-0.2, -0.15) is 0 Å². The van der Waals surface area contributed by atoms with E-state index in [9.17, 15) is 0 Å². The summed E-state index contributed by atoms with van der Waals surface area (Å²) in [5.74, 6) is 0.969. The van der Waals surface area contributed by atoms with E-state index >= 15 is 0 Å². The van der Waals surface area contributed by atoms with Crippen LogP contribution in [0.15, 0.2) is 17.1 Å². The van der Waals surface area contributed by atoms with E-state index in [0.29, 0.717) is 0 Å². The van der Waals surface area contributed by atoms with Crippen molar-refractivity contribution in [2.75, 3.05) is 39.0 Å². The predicted octanol–water partition coefficient (Wildman–Crippen LogP) is 3.53. The van der Waals surface area contributed by atoms with Crippen LogP contribution in [0.25, 0.3) is 0 Å². The quantitative estimate of drug-likeness (QED) is 0.592. The van der Waals surface area contributed by atoms with Gasteiger partial charge in [0.25, 0.3) is 0 Å². The van der Waals surface area contributed by atoms with E-state index in [1.54, 1.807) is 0 Å². The minimum Gasteiger partial charge on any atom is -0.342 e. The number of nitrogens with one attached hydrogen (secondary N) is 1. The zero-order valence-corrected chi connectivity index (χ0v) is 18.2. The lowest BCUT2D eigenvalue weighted by atomic mass is 9.91. The van der Waals surface area contributed by atoms with Gasteiger partial charge in [-0.15, -0.1) is 0 Å². The van der Waals surface area contributed by atoms with E-state index in [4.69, 9.17) is 10.7 Å². The van der Waals surface area contributed by atoms with Crippen LogP contribution in [0.5, 0.6) is 0 Å². The third-order valence-electron chi connectivity index (χ3n) is 5.48. The molecule has 5 heteroatoms. The second-order valence-electron chi connectivity index (χ2n) is 8.25. The molecule has 0 amide bonds. The molecule has 5 nitrogen and oxygen atoms in total. The number of nitrogens with zero attached hydrogens (tertiary/aromatic N) is 3. The fourth-order valence-corrected chi connectivity index (χ4v) is 3.87. The van der Waals surface area contributed by atoms with Gasteiger partial charge in [-0.05, 0) is 65.8 Å². The van der Waals surface area contributed by atoms with Crippen LogP contribution in [-0.4, -0.2) is 61.6 Å². The third-order valence-corrected chi connectivity index (χ3v) is 5.48. The van der Waals surface area contributed by atoms with Crippen molar-refractivity contribution < 1.29 is 0 Å². The summed E-state index contributed by atoms with van der Waals surface area (Å²) in [5.41, 5.74) is 11.4. The van der Waals surface area contributed by atoms with Crippen LogP contribution in [-0.2, 0) is 0 Å². The Morgan fingerprint density at radius 2 is 1.74 bits per heavy atom. The monoisotopic (exact) mass is 373 g/mol. The zero-order chi connectivity index (χ0) is 20.0. The average Bonchev–Trinajstić information content (AvgIpc) is 2.59. The number of anilines is 1. The van der Waals surface area contributed by atoms with Crippen molar-refractivity contribution in [3.8, 4) is 0 Å². The van der Waals surface area contributed by atoms with Gasteiger partial charge >= 0.3 is 0 Å². The van der Waals surface area contributed by atoms with Crippen LogP contribution in [0.1, 0.15) is 49.3 Å². The van der Waals surface area contributed by atoms with E-state index in [2.05, 4.69) is 69.0 Å². The Morgan fingerprint density at radius 3 is 2.30 bits per heavy atom. The predicted molar refractivity (Wildman–Crippen MR) is 118 cm³/mol. The van der Waals surface area contributed by atoms with Crippen LogP contribution >= 0.6 is 0 Å². The molecule has 1 aromatic carbocycles. The summed E-state index contributed by atoms with van der Waals surface area (Å²) in [4.78, 5) is 9.72. The maximum absolute atomic E-state index is 6.40. The minimum atomic E-state index is 0.170. The van der Waals surface area contributed by atoms with Crippen molar-refractivity contribution in [3.05, 3.63) is 28.8 Å². The highest BCUT2D eigenvalue weighted by molar-refractivity contribution is 5.95. The van der Waals surface area contributed by atoms with Gasteiger partial charge in [0, 0.05) is 31.4 Å². The molecular formula is C22H39N5. The van der Waals surface area contributed by atoms with E-state index in [1.807, 2.05) is 0 Å². The molecule has 0 heterocycles. The number of likely N-dealkylation sites (N-methyl/N-ethyl adjacent to an activating group) is 2. The van der Waals surface area contributed by atoms with Gasteiger partial charge in [0.1, 0.15) is 0 Å². The summed E-state index contributed by atoms with van der Waals surface area (Å²) < 4.78 is 0. The first-order chi connectivity index (χ1) is 12.8. The molecule has 1 aliphatic carbocycles. The topological polar surface area (TPSA) is 56.9 Å². The van der Waals surface area contributed by atoms with Gasteiger partial charge in [0.05, 0.1) is 6.04 Å². The Morgan fingerprint density at radius 1 is 1.11 bits per heavy atom. The SMILES string of the molecule is CCN(CCN(C)C)C(=N[C@H]1CCCC[C@@H]1N)Nc1c(C)cc(C)cc1C. The number of rotatable bonds is 6. The lowest BCUT2D eigenvalue weighted by Gasteiger charge is -2.31. The van der Waals surface area contributed by atoms with E-state index in [1.165, 1.54) is 35.2 Å². The Hall–Kier alpha value is -1.59. The summed E-state index contributed by atoms with van der Waals surface area (Å²) in [6.45, 7) is 11.5. The Bertz CT molecular complexity index is 615. The number of aryl methyl sites for hydroxylation is 3. The van der Waals surface area contributed by atoms with E-state index in [0.717, 1.165) is 38.4 Å². The zero-order valence-electron chi connectivity index (χ0n) is 18.2. The van der Waals surface area contributed by atoms with Crippen molar-refractivity contribution >= 4 is 11.6 Å². The highest BCUT2D eigenvalue weighted by Crippen LogP contribution is 2.24. The standard InChI is InChI=1S/C22H39N5/c1-7-27(13-12-26(5)6)22(24-20-11-9-8-10-19(20)23)25-21-17(3)14-16(2)15-18(21)4/h14-15,19-20H,7-13,23H2,1-6H3,(H,24,25)/t19-,20-/m0/s1. The molecule has 0 aliphatic heterocycles. The molecule has 0 saturated heterocycles. The molecule has 1 aromatic rings. The van der Waals surface area contributed by atoms with Gasteiger partial charge in [-0.1, -0.05) is 30.5 Å². The summed E-state index contributed by atoms with van der Waals surface area (Å²) in [6, 6.07) is 4.84. The molecule has 152 valence electrons. The van der Waals surface area contributed by atoms with Crippen LogP contribution in [0.4, 0.5) is 5.69 Å². The van der Waals surface area contributed by atoms with Crippen LogP contribution in [0.3, 0.4) is 0 Å². The van der Waals surface area contributed by atoms with Crippen molar-refractivity contribution in [1.82, 2.24) is 9.80 Å². The Labute approximate surface area is 166 Å². The second kappa shape index (κ2) is 10.1. The van der Waals surface area contributed by atoms with Gasteiger partial charge in [0.15, 0.2) is 5.96 Å². The number of guanidine groups is 1. The number of nitrogens with two attached hydrogens (primary N) is 1. The normalized spacial score (nSPS) is 20.8. The van der Waals surface area contributed by atoms with Crippen molar-refractivity contribution in [1.29, 1.82) is 0 Å². The highest BCUT2D eigenvalue weighted by atomic mass is 15.3. The molecule has 1 fully saturated rings. The first kappa shape index (κ1) is 21.7. The van der Waals surface area contributed by atoms with Crippen molar-refractivity contribution in [3.63, 3.8) is 0 Å². The maximum atomic E-state index is 6.40. The summed E-state index contributed by atoms with van der Waals surface area (Å²) >= 11 is 0. The number of benzene rings is 1. The smallest absolute Gasteiger partial charge is 0.198 e. The molecule has 2 atom stereocenters. The van der Waals surface area contributed by atoms with Gasteiger partial charge in [-0.25, -0.2) is 4.99 Å². The molecule has 1 aliphatic rings. The average molecular weight is 374 g/mol. The van der Waals surface area contributed by atoms with Gasteiger partial charge in [0.2, 0.25) is 0 Å². The van der Waals surface area contributed by atoms with Crippen LogP contribution < -0.4 is 11.1 Å². The van der Waals surface area contributed by atoms with E-state index in [-0.39, 0.29) is 12.1 Å². The molecule has 0 spiro atoms. The minimum absolute atomic E-state index is 0.170. The molecule has 0 radical (unpaired) electrons. The molecule has 3 N–H and O–H groups in total. The summed E-state index contributed by atoms with van der Waals surface area (Å²) in [7, 11) is 4.23. The van der Waals surface area contributed by atoms with Crippen molar-refractivity contribution in [2.45, 2.75) is 65.5 Å². The van der Waals surface area contributed by atoms with Crippen LogP contribution in [0.2, 0.25) is 0 Å². The molecule has 0 bridgehead atoms. The highest BCUT2D eigenvalue weighted by Gasteiger charge is 2.23. The molecule has 0 unspecified atom stereocenters. The van der Waals surface area contributed by atoms with Gasteiger partial charge < -0.3 is 20.9 Å². The number of aliphatic imine (C=N–C) groups is 1. The number of hydrogen-bond donors (Lipinski definition) is 2. The van der Waals surface area contributed by atoms with E-state index < -0.39 is 0 Å². The largest absolute Gasteiger partial charge is 0.342 e. The fourth-order valence-electron chi connectivity index (χ4n) is 3.87. The Balaban J connectivity index is 2.33. The lowest BCUT2D eigenvalue weighted by Crippen LogP contribution is -2.44. The Kier molecular flexibility index (Phi) is 8.11. The van der Waals surface area contributed by atoms with Crippen LogP contribution in [0, 0.1) is 20.8 Å². The molecule has 27 heavy (non-hydrogen) atoms. The first-order valence-corrected chi connectivity index (χ1v) is 10.4. The second-order valence-corrected chi connectivity index (χ2v) is 8.25. The summed E-state index contributed by atoms with van der Waals surface area (Å²) in [5, 5.41) is 3.69. The molecule has 0 aromatic heterocycles. The fraction of sp³-hybridized carbons (Fsp3) is 0.682.